The molecule has 1 aliphatic carbocycles. The molecule has 1 saturated heterocycles. The molecule has 10 heteroatoms. The van der Waals surface area contributed by atoms with Gasteiger partial charge in [0.15, 0.2) is 6.29 Å². The van der Waals surface area contributed by atoms with Crippen LogP contribution in [0.5, 0.6) is 11.5 Å². The summed E-state index contributed by atoms with van der Waals surface area (Å²) in [6, 6.07) is 6.94. The molecule has 31 heavy (non-hydrogen) atoms. The Kier molecular flexibility index (Phi) is 5.71. The molecule has 0 saturated carbocycles. The molecule has 4 rings (SSSR count). The van der Waals surface area contributed by atoms with E-state index in [0.29, 0.717) is 0 Å². The van der Waals surface area contributed by atoms with Gasteiger partial charge >= 0.3 is 0 Å². The van der Waals surface area contributed by atoms with Crippen LogP contribution in [-0.2, 0) is 16.1 Å². The molecule has 2 aromatic carbocycles. The molecule has 2 aromatic rings. The van der Waals surface area contributed by atoms with Crippen LogP contribution in [0.2, 0.25) is 0 Å². The number of hydrogen-bond acceptors (Lipinski definition) is 10. The first-order chi connectivity index (χ1) is 14.8. The Morgan fingerprint density at radius 1 is 0.903 bits per heavy atom. The topological polar surface area (TPSA) is 177 Å². The number of phenolic OH excluding ortho intramolecular Hbond substituents is 2. The normalized spacial score (nSPS) is 30.0. The second-order valence-electron chi connectivity index (χ2n) is 7.52. The highest BCUT2D eigenvalue weighted by atomic mass is 16.7. The predicted octanol–water partition coefficient (Wildman–Crippen LogP) is -0.960. The fraction of sp³-hybridized carbons (Fsp3) is 0.381. The van der Waals surface area contributed by atoms with E-state index in [9.17, 15) is 40.5 Å². The van der Waals surface area contributed by atoms with Crippen molar-refractivity contribution in [1.82, 2.24) is 0 Å². The minimum Gasteiger partial charge on any atom is -0.507 e. The van der Waals surface area contributed by atoms with Crippen molar-refractivity contribution < 1.29 is 50.0 Å². The molecule has 1 fully saturated rings. The van der Waals surface area contributed by atoms with E-state index in [-0.39, 0.29) is 33.6 Å². The third-order valence-corrected chi connectivity index (χ3v) is 5.60. The summed E-state index contributed by atoms with van der Waals surface area (Å²) >= 11 is 0. The molecular formula is C21H22O10. The third kappa shape index (κ3) is 3.48. The van der Waals surface area contributed by atoms with Crippen molar-refractivity contribution in [2.45, 2.75) is 43.4 Å². The van der Waals surface area contributed by atoms with E-state index in [4.69, 9.17) is 9.47 Å². The summed E-state index contributed by atoms with van der Waals surface area (Å²) < 4.78 is 11.3. The number of carbonyl (C=O) groups excluding carboxylic acids is 1. The largest absolute Gasteiger partial charge is 0.507 e. The zero-order valence-corrected chi connectivity index (χ0v) is 16.1. The molecule has 1 heterocycles. The number of aliphatic hydroxyl groups is 5. The van der Waals surface area contributed by atoms with Gasteiger partial charge in [-0.1, -0.05) is 12.1 Å². The molecule has 0 aromatic heterocycles. The van der Waals surface area contributed by atoms with E-state index in [0.717, 1.165) is 0 Å². The molecule has 0 radical (unpaired) electrons. The maximum Gasteiger partial charge on any atom is 0.201 e. The molecule has 166 valence electrons. The molecule has 0 unspecified atom stereocenters. The summed E-state index contributed by atoms with van der Waals surface area (Å²) in [7, 11) is 0. The van der Waals surface area contributed by atoms with Crippen LogP contribution in [0.15, 0.2) is 30.3 Å². The van der Waals surface area contributed by atoms with Crippen molar-refractivity contribution >= 4 is 5.78 Å². The van der Waals surface area contributed by atoms with Crippen LogP contribution in [0.3, 0.4) is 0 Å². The lowest BCUT2D eigenvalue weighted by Gasteiger charge is -2.41. The smallest absolute Gasteiger partial charge is 0.201 e. The lowest BCUT2D eigenvalue weighted by atomic mass is 9.81. The minimum atomic E-state index is -1.70. The van der Waals surface area contributed by atoms with Crippen molar-refractivity contribution in [1.29, 1.82) is 0 Å². The van der Waals surface area contributed by atoms with Crippen molar-refractivity contribution in [2.75, 3.05) is 6.61 Å². The number of aromatic hydroxyl groups is 2. The van der Waals surface area contributed by atoms with Gasteiger partial charge in [-0.05, 0) is 23.8 Å². The van der Waals surface area contributed by atoms with Crippen molar-refractivity contribution in [3.8, 4) is 11.5 Å². The van der Waals surface area contributed by atoms with Gasteiger partial charge in [0, 0.05) is 11.1 Å². The Labute approximate surface area is 176 Å². The van der Waals surface area contributed by atoms with Crippen LogP contribution < -0.4 is 0 Å². The summed E-state index contributed by atoms with van der Waals surface area (Å²) in [6.45, 7) is -1.09. The van der Waals surface area contributed by atoms with Gasteiger partial charge < -0.3 is 45.2 Å². The standard InChI is InChI=1S/C21H22O10/c22-6-8-4-10-15(12(25)5-8)17(27)14-9(2-1-3-11(14)24)20(10)31-21-19(29)18(28)16(26)13(7-23)30-21/h1-5,13,16,18-26,28-29H,6-7H2/t13-,16-,18+,19-,20-,21-/m1/s1. The van der Waals surface area contributed by atoms with Crippen molar-refractivity contribution in [3.63, 3.8) is 0 Å². The van der Waals surface area contributed by atoms with Gasteiger partial charge in [0.25, 0.3) is 0 Å². The molecule has 1 aliphatic heterocycles. The van der Waals surface area contributed by atoms with Crippen LogP contribution in [0.4, 0.5) is 0 Å². The van der Waals surface area contributed by atoms with Gasteiger partial charge in [-0.15, -0.1) is 0 Å². The van der Waals surface area contributed by atoms with Crippen LogP contribution in [0.25, 0.3) is 0 Å². The second-order valence-corrected chi connectivity index (χ2v) is 7.52. The molecule has 7 N–H and O–H groups in total. The van der Waals surface area contributed by atoms with Crippen LogP contribution >= 0.6 is 0 Å². The first-order valence-electron chi connectivity index (χ1n) is 9.57. The summed E-state index contributed by atoms with van der Waals surface area (Å²) in [5.41, 5.74) is 0.389. The van der Waals surface area contributed by atoms with Crippen LogP contribution in [0, 0.1) is 0 Å². The number of ketones is 1. The Balaban J connectivity index is 1.83. The lowest BCUT2D eigenvalue weighted by molar-refractivity contribution is -0.309. The Bertz CT molecular complexity index is 1000. The Hall–Kier alpha value is -2.57. The van der Waals surface area contributed by atoms with Gasteiger partial charge in [0.2, 0.25) is 5.78 Å². The number of benzene rings is 2. The van der Waals surface area contributed by atoms with Gasteiger partial charge in [-0.3, -0.25) is 4.79 Å². The van der Waals surface area contributed by atoms with Gasteiger partial charge in [0.05, 0.1) is 24.3 Å². The lowest BCUT2D eigenvalue weighted by Crippen LogP contribution is -2.59. The van der Waals surface area contributed by atoms with E-state index >= 15 is 0 Å². The first-order valence-corrected chi connectivity index (χ1v) is 9.57. The highest BCUT2D eigenvalue weighted by Gasteiger charge is 2.46. The maximum atomic E-state index is 13.0. The highest BCUT2D eigenvalue weighted by molar-refractivity contribution is 6.15. The molecule has 6 atom stereocenters. The van der Waals surface area contributed by atoms with Gasteiger partial charge in [-0.2, -0.15) is 0 Å². The number of carbonyl (C=O) groups is 1. The van der Waals surface area contributed by atoms with E-state index in [1.165, 1.54) is 30.3 Å². The molecule has 10 nitrogen and oxygen atoms in total. The SMILES string of the molecule is O=C1c2c(O)cccc2[C@@H](O[C@H]2O[C@H](CO)[C@@H](O)[C@H](O)[C@H]2O)c2cc(CO)cc(O)c21. The summed E-state index contributed by atoms with van der Waals surface area (Å²) in [6.07, 6.45) is -8.86. The predicted molar refractivity (Wildman–Crippen MR) is 102 cm³/mol. The van der Waals surface area contributed by atoms with Crippen LogP contribution in [-0.4, -0.2) is 78.8 Å². The monoisotopic (exact) mass is 434 g/mol. The van der Waals surface area contributed by atoms with E-state index in [1.54, 1.807) is 0 Å². The van der Waals surface area contributed by atoms with Crippen molar-refractivity contribution in [2.24, 2.45) is 0 Å². The molecule has 0 bridgehead atoms. The first kappa shape index (κ1) is 21.7. The highest BCUT2D eigenvalue weighted by Crippen LogP contribution is 2.45. The minimum absolute atomic E-state index is 0.114. The van der Waals surface area contributed by atoms with Gasteiger partial charge in [-0.25, -0.2) is 0 Å². The molecular weight excluding hydrogens is 412 g/mol. The molecule has 0 spiro atoms. The average Bonchev–Trinajstić information content (AvgIpc) is 2.75. The van der Waals surface area contributed by atoms with Gasteiger partial charge in [0.1, 0.15) is 42.0 Å². The van der Waals surface area contributed by atoms with E-state index < -0.39 is 61.6 Å². The van der Waals surface area contributed by atoms with E-state index in [1.807, 2.05) is 0 Å². The number of rotatable bonds is 4. The van der Waals surface area contributed by atoms with Crippen LogP contribution in [0.1, 0.15) is 38.7 Å². The number of phenols is 2. The molecule has 2 aliphatic rings. The summed E-state index contributed by atoms with van der Waals surface area (Å²) in [4.78, 5) is 13.0. The Morgan fingerprint density at radius 2 is 1.61 bits per heavy atom. The summed E-state index contributed by atoms with van der Waals surface area (Å²) in [5.74, 6) is -1.43. The molecule has 0 amide bonds. The Morgan fingerprint density at radius 3 is 2.29 bits per heavy atom. The fourth-order valence-corrected chi connectivity index (χ4v) is 4.03. The zero-order chi connectivity index (χ0) is 22.4. The second kappa shape index (κ2) is 8.17. The zero-order valence-electron chi connectivity index (χ0n) is 16.1. The number of ether oxygens (including phenoxy) is 2. The third-order valence-electron chi connectivity index (χ3n) is 5.60. The summed E-state index contributed by atoms with van der Waals surface area (Å²) in [5, 5.41) is 70.1. The van der Waals surface area contributed by atoms with E-state index in [2.05, 4.69) is 0 Å². The fourth-order valence-electron chi connectivity index (χ4n) is 4.03. The number of hydrogen-bond donors (Lipinski definition) is 7. The quantitative estimate of drug-likeness (QED) is 0.317. The number of fused-ring (bicyclic) bond motifs is 2. The maximum absolute atomic E-state index is 13.0. The average molecular weight is 434 g/mol. The van der Waals surface area contributed by atoms with Crippen molar-refractivity contribution in [3.05, 3.63) is 58.1 Å². The number of aliphatic hydroxyl groups excluding tert-OH is 5.